The molecular weight excluding hydrogens is 134 g/mol. The number of hydrogen-bond acceptors (Lipinski definition) is 1. The summed E-state index contributed by atoms with van der Waals surface area (Å²) in [5, 5.41) is 0. The van der Waals surface area contributed by atoms with Gasteiger partial charge in [-0.05, 0) is 25.8 Å². The van der Waals surface area contributed by atoms with E-state index in [0.29, 0.717) is 6.04 Å². The summed E-state index contributed by atoms with van der Waals surface area (Å²) in [5.41, 5.74) is 0. The highest BCUT2D eigenvalue weighted by molar-refractivity contribution is 4.67. The third kappa shape index (κ3) is 4.41. The number of nitrogens with zero attached hydrogens (tertiary/aromatic N) is 1. The van der Waals surface area contributed by atoms with Crippen LogP contribution in [0.25, 0.3) is 0 Å². The monoisotopic (exact) mass is 157 g/mol. The zero-order chi connectivity index (χ0) is 9.02. The predicted octanol–water partition coefficient (Wildman–Crippen LogP) is 2.62. The molecule has 0 aromatic heterocycles. The zero-order valence-corrected chi connectivity index (χ0v) is 8.89. The van der Waals surface area contributed by atoms with Gasteiger partial charge in [-0.3, -0.25) is 0 Å². The lowest BCUT2D eigenvalue weighted by atomic mass is 10.0. The van der Waals surface area contributed by atoms with Gasteiger partial charge < -0.3 is 4.90 Å². The quantitative estimate of drug-likeness (QED) is 0.606. The van der Waals surface area contributed by atoms with Crippen LogP contribution < -0.4 is 0 Å². The van der Waals surface area contributed by atoms with Gasteiger partial charge in [0.1, 0.15) is 0 Å². The summed E-state index contributed by atoms with van der Waals surface area (Å²) in [4.78, 5) is 2.44. The summed E-state index contributed by atoms with van der Waals surface area (Å²) >= 11 is 0. The maximum Gasteiger partial charge on any atom is 0.00869 e. The summed E-state index contributed by atoms with van der Waals surface area (Å²) < 4.78 is 0. The lowest BCUT2D eigenvalue weighted by molar-refractivity contribution is 0.188. The Kier molecular flexibility index (Phi) is 4.74. The molecule has 0 amide bonds. The van der Waals surface area contributed by atoms with E-state index in [9.17, 15) is 0 Å². The van der Waals surface area contributed by atoms with Crippen molar-refractivity contribution >= 4 is 0 Å². The first-order valence-corrected chi connectivity index (χ1v) is 4.65. The molecule has 0 aliphatic heterocycles. The molecule has 0 aliphatic rings. The van der Waals surface area contributed by atoms with E-state index < -0.39 is 0 Å². The zero-order valence-electron chi connectivity index (χ0n) is 8.89. The van der Waals surface area contributed by atoms with Crippen molar-refractivity contribution in [2.45, 2.75) is 40.7 Å². The minimum absolute atomic E-state index is 0.706. The summed E-state index contributed by atoms with van der Waals surface area (Å²) in [6, 6.07) is 0.706. The van der Waals surface area contributed by atoms with E-state index in [4.69, 9.17) is 0 Å². The van der Waals surface area contributed by atoms with Gasteiger partial charge in [0.15, 0.2) is 0 Å². The Morgan fingerprint density at radius 2 is 1.45 bits per heavy atom. The molecule has 11 heavy (non-hydrogen) atoms. The van der Waals surface area contributed by atoms with E-state index in [1.165, 1.54) is 6.54 Å². The van der Waals surface area contributed by atoms with Gasteiger partial charge in [-0.25, -0.2) is 0 Å². The van der Waals surface area contributed by atoms with E-state index in [1.807, 2.05) is 0 Å². The minimum Gasteiger partial charge on any atom is -0.303 e. The van der Waals surface area contributed by atoms with Crippen LogP contribution >= 0.6 is 0 Å². The number of rotatable bonds is 4. The molecule has 0 unspecified atom stereocenters. The molecule has 0 rings (SSSR count). The Morgan fingerprint density at radius 1 is 1.00 bits per heavy atom. The van der Waals surface area contributed by atoms with Crippen LogP contribution in [0.2, 0.25) is 0 Å². The van der Waals surface area contributed by atoms with Crippen molar-refractivity contribution in [3.63, 3.8) is 0 Å². The SMILES string of the molecule is CC(C)CN(C)[C@@H](C)C(C)C. The molecule has 1 atom stereocenters. The van der Waals surface area contributed by atoms with Crippen molar-refractivity contribution in [1.82, 2.24) is 4.90 Å². The van der Waals surface area contributed by atoms with Crippen molar-refractivity contribution in [2.75, 3.05) is 13.6 Å². The fourth-order valence-corrected chi connectivity index (χ4v) is 1.25. The fourth-order valence-electron chi connectivity index (χ4n) is 1.25. The maximum absolute atomic E-state index is 2.44. The van der Waals surface area contributed by atoms with Gasteiger partial charge in [-0.1, -0.05) is 27.7 Å². The largest absolute Gasteiger partial charge is 0.303 e. The van der Waals surface area contributed by atoms with Gasteiger partial charge in [-0.15, -0.1) is 0 Å². The molecule has 0 saturated heterocycles. The molecular formula is C10H23N. The Hall–Kier alpha value is -0.0400. The number of hydrogen-bond donors (Lipinski definition) is 0. The van der Waals surface area contributed by atoms with Crippen molar-refractivity contribution in [2.24, 2.45) is 11.8 Å². The van der Waals surface area contributed by atoms with Crippen LogP contribution in [0.4, 0.5) is 0 Å². The molecule has 0 aromatic carbocycles. The van der Waals surface area contributed by atoms with Crippen LogP contribution in [0.15, 0.2) is 0 Å². The first-order chi connectivity index (χ1) is 4.95. The van der Waals surface area contributed by atoms with Crippen molar-refractivity contribution < 1.29 is 0 Å². The van der Waals surface area contributed by atoms with E-state index in [1.54, 1.807) is 0 Å². The van der Waals surface area contributed by atoms with Crippen LogP contribution in [0.3, 0.4) is 0 Å². The Bertz CT molecular complexity index is 97.0. The van der Waals surface area contributed by atoms with Crippen LogP contribution in [-0.4, -0.2) is 24.5 Å². The van der Waals surface area contributed by atoms with Crippen molar-refractivity contribution in [1.29, 1.82) is 0 Å². The smallest absolute Gasteiger partial charge is 0.00869 e. The summed E-state index contributed by atoms with van der Waals surface area (Å²) in [6.45, 7) is 12.6. The molecule has 1 heteroatoms. The van der Waals surface area contributed by atoms with Crippen LogP contribution in [0, 0.1) is 11.8 Å². The normalized spacial score (nSPS) is 15.0. The van der Waals surface area contributed by atoms with Gasteiger partial charge in [-0.2, -0.15) is 0 Å². The molecule has 0 N–H and O–H groups in total. The summed E-state index contributed by atoms with van der Waals surface area (Å²) in [7, 11) is 2.21. The molecule has 0 heterocycles. The minimum atomic E-state index is 0.706. The van der Waals surface area contributed by atoms with Crippen molar-refractivity contribution in [3.05, 3.63) is 0 Å². The fraction of sp³-hybridized carbons (Fsp3) is 1.00. The predicted molar refractivity (Wildman–Crippen MR) is 51.8 cm³/mol. The van der Waals surface area contributed by atoms with Gasteiger partial charge >= 0.3 is 0 Å². The highest BCUT2D eigenvalue weighted by Crippen LogP contribution is 2.09. The molecule has 1 nitrogen and oxygen atoms in total. The molecule has 0 aromatic rings. The topological polar surface area (TPSA) is 3.24 Å². The van der Waals surface area contributed by atoms with Crippen molar-refractivity contribution in [3.8, 4) is 0 Å². The second-order valence-electron chi connectivity index (χ2n) is 4.32. The summed E-state index contributed by atoms with van der Waals surface area (Å²) in [6.07, 6.45) is 0. The maximum atomic E-state index is 2.44. The molecule has 0 saturated carbocycles. The molecule has 0 bridgehead atoms. The third-order valence-electron chi connectivity index (χ3n) is 2.31. The average molecular weight is 157 g/mol. The Balaban J connectivity index is 3.73. The van der Waals surface area contributed by atoms with E-state index in [2.05, 4.69) is 46.6 Å². The van der Waals surface area contributed by atoms with Crippen LogP contribution in [0.1, 0.15) is 34.6 Å². The second-order valence-corrected chi connectivity index (χ2v) is 4.32. The standard InChI is InChI=1S/C10H23N/c1-8(2)7-11(6)10(5)9(3)4/h8-10H,7H2,1-6H3/t10-/m0/s1. The van der Waals surface area contributed by atoms with Crippen LogP contribution in [0.5, 0.6) is 0 Å². The van der Waals surface area contributed by atoms with E-state index in [-0.39, 0.29) is 0 Å². The van der Waals surface area contributed by atoms with Gasteiger partial charge in [0, 0.05) is 12.6 Å². The summed E-state index contributed by atoms with van der Waals surface area (Å²) in [5.74, 6) is 1.54. The Labute approximate surface area is 71.8 Å². The molecule has 0 radical (unpaired) electrons. The molecule has 0 aliphatic carbocycles. The lowest BCUT2D eigenvalue weighted by Crippen LogP contribution is -2.35. The van der Waals surface area contributed by atoms with E-state index >= 15 is 0 Å². The Morgan fingerprint density at radius 3 is 1.73 bits per heavy atom. The van der Waals surface area contributed by atoms with Gasteiger partial charge in [0.2, 0.25) is 0 Å². The second kappa shape index (κ2) is 4.76. The van der Waals surface area contributed by atoms with E-state index in [0.717, 1.165) is 11.8 Å². The molecule has 68 valence electrons. The molecule has 0 spiro atoms. The highest BCUT2D eigenvalue weighted by atomic mass is 15.1. The lowest BCUT2D eigenvalue weighted by Gasteiger charge is -2.29. The van der Waals surface area contributed by atoms with Crippen LogP contribution in [-0.2, 0) is 0 Å². The first kappa shape index (κ1) is 11.0. The third-order valence-corrected chi connectivity index (χ3v) is 2.31. The van der Waals surface area contributed by atoms with Gasteiger partial charge in [0.25, 0.3) is 0 Å². The van der Waals surface area contributed by atoms with Gasteiger partial charge in [0.05, 0.1) is 0 Å². The average Bonchev–Trinajstić information content (AvgIpc) is 1.84. The first-order valence-electron chi connectivity index (χ1n) is 4.65. The highest BCUT2D eigenvalue weighted by Gasteiger charge is 2.13. The molecule has 0 fully saturated rings.